The lowest BCUT2D eigenvalue weighted by Crippen LogP contribution is -2.31. The van der Waals surface area contributed by atoms with Gasteiger partial charge in [0.25, 0.3) is 0 Å². The van der Waals surface area contributed by atoms with Gasteiger partial charge in [-0.15, -0.1) is 0 Å². The molecule has 0 atom stereocenters. The van der Waals surface area contributed by atoms with Crippen LogP contribution in [0.15, 0.2) is 18.2 Å². The van der Waals surface area contributed by atoms with Gasteiger partial charge in [0.2, 0.25) is 0 Å². The number of halogens is 1. The van der Waals surface area contributed by atoms with Crippen LogP contribution in [0.5, 0.6) is 0 Å². The molecule has 0 unspecified atom stereocenters. The minimum atomic E-state index is 0.457. The number of hydrogen-bond donors (Lipinski definition) is 1. The third kappa shape index (κ3) is 2.86. The van der Waals surface area contributed by atoms with Crippen LogP contribution in [-0.2, 0) is 6.54 Å². The summed E-state index contributed by atoms with van der Waals surface area (Å²) in [4.78, 5) is 2.30. The molecule has 0 amide bonds. The monoisotopic (exact) mass is 226 g/mol. The maximum absolute atomic E-state index is 6.01. The number of hydrogen-bond acceptors (Lipinski definition) is 2. The molecular formula is C12H19ClN2. The van der Waals surface area contributed by atoms with Crippen molar-refractivity contribution in [2.75, 3.05) is 11.4 Å². The quantitative estimate of drug-likeness (QED) is 0.855. The van der Waals surface area contributed by atoms with E-state index in [1.165, 1.54) is 0 Å². The number of nitrogens with two attached hydrogens (primary N) is 1. The van der Waals surface area contributed by atoms with Gasteiger partial charge >= 0.3 is 0 Å². The van der Waals surface area contributed by atoms with Crippen LogP contribution in [0.2, 0.25) is 5.02 Å². The summed E-state index contributed by atoms with van der Waals surface area (Å²) in [5, 5.41) is 0.765. The van der Waals surface area contributed by atoms with Crippen LogP contribution in [0.1, 0.15) is 26.3 Å². The van der Waals surface area contributed by atoms with Crippen molar-refractivity contribution in [3.05, 3.63) is 28.8 Å². The van der Waals surface area contributed by atoms with E-state index in [4.69, 9.17) is 17.3 Å². The highest BCUT2D eigenvalue weighted by Crippen LogP contribution is 2.26. The van der Waals surface area contributed by atoms with E-state index in [0.29, 0.717) is 12.6 Å². The molecule has 2 N–H and O–H groups in total. The van der Waals surface area contributed by atoms with Crippen molar-refractivity contribution < 1.29 is 0 Å². The molecule has 0 aromatic heterocycles. The van der Waals surface area contributed by atoms with Crippen molar-refractivity contribution >= 4 is 17.3 Å². The number of rotatable bonds is 4. The highest BCUT2D eigenvalue weighted by atomic mass is 35.5. The van der Waals surface area contributed by atoms with Crippen molar-refractivity contribution in [1.29, 1.82) is 0 Å². The van der Waals surface area contributed by atoms with E-state index >= 15 is 0 Å². The topological polar surface area (TPSA) is 29.3 Å². The molecule has 1 aromatic rings. The Bertz CT molecular complexity index is 323. The Hall–Kier alpha value is -0.730. The van der Waals surface area contributed by atoms with Crippen molar-refractivity contribution in [2.24, 2.45) is 5.73 Å². The molecule has 2 nitrogen and oxygen atoms in total. The summed E-state index contributed by atoms with van der Waals surface area (Å²) in [6.07, 6.45) is 0. The van der Waals surface area contributed by atoms with E-state index in [0.717, 1.165) is 22.8 Å². The molecule has 15 heavy (non-hydrogen) atoms. The van der Waals surface area contributed by atoms with Gasteiger partial charge < -0.3 is 10.6 Å². The molecule has 0 saturated heterocycles. The molecule has 0 radical (unpaired) electrons. The Morgan fingerprint density at radius 1 is 1.40 bits per heavy atom. The normalized spacial score (nSPS) is 10.8. The lowest BCUT2D eigenvalue weighted by molar-refractivity contribution is 0.699. The number of nitrogens with zero attached hydrogens (tertiary/aromatic N) is 1. The summed E-state index contributed by atoms with van der Waals surface area (Å²) in [5.41, 5.74) is 8.03. The smallest absolute Gasteiger partial charge is 0.0428 e. The first-order chi connectivity index (χ1) is 7.10. The third-order valence-corrected chi connectivity index (χ3v) is 2.78. The summed E-state index contributed by atoms with van der Waals surface area (Å²) in [7, 11) is 0. The fraction of sp³-hybridized carbons (Fsp3) is 0.500. The van der Waals surface area contributed by atoms with E-state index < -0.39 is 0 Å². The summed E-state index contributed by atoms with van der Waals surface area (Å²) >= 11 is 6.01. The van der Waals surface area contributed by atoms with Crippen LogP contribution in [0.25, 0.3) is 0 Å². The minimum absolute atomic E-state index is 0.457. The zero-order valence-corrected chi connectivity index (χ0v) is 10.4. The predicted octanol–water partition coefficient (Wildman–Crippen LogP) is 3.03. The van der Waals surface area contributed by atoms with E-state index in [9.17, 15) is 0 Å². The first kappa shape index (κ1) is 12.3. The molecular weight excluding hydrogens is 208 g/mol. The largest absolute Gasteiger partial charge is 0.369 e. The van der Waals surface area contributed by atoms with E-state index in [2.05, 4.69) is 25.7 Å². The van der Waals surface area contributed by atoms with Crippen molar-refractivity contribution in [3.8, 4) is 0 Å². The van der Waals surface area contributed by atoms with Crippen molar-refractivity contribution in [3.63, 3.8) is 0 Å². The molecule has 0 aliphatic rings. The van der Waals surface area contributed by atoms with Gasteiger partial charge in [-0.2, -0.15) is 0 Å². The number of anilines is 1. The summed E-state index contributed by atoms with van der Waals surface area (Å²) in [6, 6.07) is 6.34. The Morgan fingerprint density at radius 2 is 2.07 bits per heavy atom. The van der Waals surface area contributed by atoms with Crippen LogP contribution in [0, 0.1) is 0 Å². The molecule has 0 aliphatic heterocycles. The predicted molar refractivity (Wildman–Crippen MR) is 67.5 cm³/mol. The molecule has 84 valence electrons. The molecule has 0 heterocycles. The van der Waals surface area contributed by atoms with Gasteiger partial charge in [-0.25, -0.2) is 0 Å². The highest BCUT2D eigenvalue weighted by molar-refractivity contribution is 6.30. The molecule has 1 aromatic carbocycles. The molecule has 0 bridgehead atoms. The van der Waals surface area contributed by atoms with E-state index in [1.54, 1.807) is 0 Å². The summed E-state index contributed by atoms with van der Waals surface area (Å²) in [6.45, 7) is 8.00. The fourth-order valence-electron chi connectivity index (χ4n) is 1.79. The first-order valence-corrected chi connectivity index (χ1v) is 5.73. The average molecular weight is 227 g/mol. The van der Waals surface area contributed by atoms with Crippen LogP contribution in [0.3, 0.4) is 0 Å². The van der Waals surface area contributed by atoms with Gasteiger partial charge in [0.05, 0.1) is 0 Å². The standard InChI is InChI=1S/C12H19ClN2/c1-4-15(9(2)3)12-7-11(13)6-5-10(12)8-14/h5-7,9H,4,8,14H2,1-3H3. The second kappa shape index (κ2) is 5.38. The van der Waals surface area contributed by atoms with Crippen LogP contribution < -0.4 is 10.6 Å². The number of benzene rings is 1. The van der Waals surface area contributed by atoms with E-state index in [1.807, 2.05) is 18.2 Å². The fourth-order valence-corrected chi connectivity index (χ4v) is 1.96. The maximum Gasteiger partial charge on any atom is 0.0428 e. The maximum atomic E-state index is 6.01. The van der Waals surface area contributed by atoms with Crippen molar-refractivity contribution in [1.82, 2.24) is 0 Å². The lowest BCUT2D eigenvalue weighted by atomic mass is 10.1. The van der Waals surface area contributed by atoms with Crippen LogP contribution >= 0.6 is 11.6 Å². The van der Waals surface area contributed by atoms with Crippen molar-refractivity contribution in [2.45, 2.75) is 33.4 Å². The second-order valence-corrected chi connectivity index (χ2v) is 4.29. The van der Waals surface area contributed by atoms with E-state index in [-0.39, 0.29) is 0 Å². The lowest BCUT2D eigenvalue weighted by Gasteiger charge is -2.29. The summed E-state index contributed by atoms with van der Waals surface area (Å²) in [5.74, 6) is 0. The molecule has 0 aliphatic carbocycles. The molecule has 0 spiro atoms. The Kier molecular flexibility index (Phi) is 4.43. The zero-order valence-electron chi connectivity index (χ0n) is 9.63. The van der Waals surface area contributed by atoms with Gasteiger partial charge in [-0.3, -0.25) is 0 Å². The summed E-state index contributed by atoms with van der Waals surface area (Å²) < 4.78 is 0. The second-order valence-electron chi connectivity index (χ2n) is 3.86. The highest BCUT2D eigenvalue weighted by Gasteiger charge is 2.12. The van der Waals surface area contributed by atoms with Gasteiger partial charge in [-0.05, 0) is 38.5 Å². The first-order valence-electron chi connectivity index (χ1n) is 5.35. The van der Waals surface area contributed by atoms with Crippen LogP contribution in [0.4, 0.5) is 5.69 Å². The Labute approximate surface area is 97.0 Å². The minimum Gasteiger partial charge on any atom is -0.369 e. The van der Waals surface area contributed by atoms with Crippen LogP contribution in [-0.4, -0.2) is 12.6 Å². The molecule has 3 heteroatoms. The molecule has 1 rings (SSSR count). The van der Waals surface area contributed by atoms with Gasteiger partial charge in [0.1, 0.15) is 0 Å². The Morgan fingerprint density at radius 3 is 2.53 bits per heavy atom. The molecule has 0 saturated carbocycles. The average Bonchev–Trinajstić information content (AvgIpc) is 2.18. The zero-order chi connectivity index (χ0) is 11.4. The van der Waals surface area contributed by atoms with Gasteiger partial charge in [0.15, 0.2) is 0 Å². The third-order valence-electron chi connectivity index (χ3n) is 2.54. The SMILES string of the molecule is CCN(c1cc(Cl)ccc1CN)C(C)C. The van der Waals surface area contributed by atoms with Gasteiger partial charge in [-0.1, -0.05) is 17.7 Å². The molecule has 0 fully saturated rings. The Balaban J connectivity index is 3.13. The van der Waals surface area contributed by atoms with Gasteiger partial charge in [0, 0.05) is 29.8 Å².